The second-order valence-electron chi connectivity index (χ2n) is 7.34. The average molecular weight is 383 g/mol. The quantitative estimate of drug-likeness (QED) is 0.786. The molecule has 0 aromatic heterocycles. The summed E-state index contributed by atoms with van der Waals surface area (Å²) in [5.74, 6) is -1.82. The van der Waals surface area contributed by atoms with E-state index in [4.69, 9.17) is 0 Å². The van der Waals surface area contributed by atoms with Crippen molar-refractivity contribution in [2.75, 3.05) is 13.1 Å². The van der Waals surface area contributed by atoms with Gasteiger partial charge in [-0.25, -0.2) is 12.8 Å². The van der Waals surface area contributed by atoms with Crippen LogP contribution in [-0.2, 0) is 19.4 Å². The lowest BCUT2D eigenvalue weighted by atomic mass is 9.81. The van der Waals surface area contributed by atoms with Crippen molar-refractivity contribution in [1.29, 1.82) is 0 Å². The van der Waals surface area contributed by atoms with Crippen molar-refractivity contribution in [3.63, 3.8) is 0 Å². The fraction of sp³-hybridized carbons (Fsp3) is 0.556. The molecule has 3 rings (SSSR count). The number of carboxylic acids is 1. The molecule has 0 radical (unpaired) electrons. The Balaban J connectivity index is 1.70. The van der Waals surface area contributed by atoms with Gasteiger partial charge in [0.05, 0.1) is 15.6 Å². The Morgan fingerprint density at radius 2 is 2.00 bits per heavy atom. The lowest BCUT2D eigenvalue weighted by molar-refractivity contribution is -0.149. The molecular weight excluding hydrogens is 361 g/mol. The summed E-state index contributed by atoms with van der Waals surface area (Å²) in [5.41, 5.74) is -0.880. The number of amides is 1. The maximum Gasteiger partial charge on any atom is 0.311 e. The Hall–Kier alpha value is -1.96. The fourth-order valence-electron chi connectivity index (χ4n) is 4.17. The number of halogens is 1. The van der Waals surface area contributed by atoms with E-state index < -0.39 is 32.3 Å². The SMILES string of the molecule is CC(CC(=O)N1C[C@@H]2CCC[C@@]2(C(=O)O)C1)S(=O)(=O)c1ccc(F)cc1. The highest BCUT2D eigenvalue weighted by molar-refractivity contribution is 7.92. The lowest BCUT2D eigenvalue weighted by Crippen LogP contribution is -2.38. The topological polar surface area (TPSA) is 91.8 Å². The van der Waals surface area contributed by atoms with E-state index in [1.165, 1.54) is 24.0 Å². The number of likely N-dealkylation sites (tertiary alicyclic amines) is 1. The van der Waals surface area contributed by atoms with Crippen molar-refractivity contribution in [2.45, 2.75) is 42.8 Å². The number of hydrogen-bond acceptors (Lipinski definition) is 4. The van der Waals surface area contributed by atoms with Gasteiger partial charge in [-0.3, -0.25) is 9.59 Å². The van der Waals surface area contributed by atoms with Gasteiger partial charge in [-0.05, 0) is 49.9 Å². The predicted octanol–water partition coefficient (Wildman–Crippen LogP) is 2.09. The second kappa shape index (κ2) is 6.64. The Morgan fingerprint density at radius 1 is 1.35 bits per heavy atom. The molecule has 1 saturated heterocycles. The van der Waals surface area contributed by atoms with Crippen LogP contribution in [0.25, 0.3) is 0 Å². The van der Waals surface area contributed by atoms with Crippen LogP contribution in [-0.4, -0.2) is 48.6 Å². The highest BCUT2D eigenvalue weighted by atomic mass is 32.2. The standard InChI is InChI=1S/C18H22FNO5S/c1-12(26(24,25)15-6-4-14(19)5-7-15)9-16(21)20-10-13-3-2-8-18(13,11-20)17(22)23/h4-7,12-13H,2-3,8-11H2,1H3,(H,22,23)/t12?,13-,18+/m0/s1. The molecule has 1 aromatic carbocycles. The number of rotatable bonds is 5. The molecule has 2 fully saturated rings. The zero-order chi connectivity index (χ0) is 19.1. The van der Waals surface area contributed by atoms with Crippen LogP contribution in [0.15, 0.2) is 29.2 Å². The second-order valence-corrected chi connectivity index (χ2v) is 9.70. The third kappa shape index (κ3) is 3.11. The van der Waals surface area contributed by atoms with Crippen molar-refractivity contribution < 1.29 is 27.5 Å². The first-order valence-corrected chi connectivity index (χ1v) is 10.2. The molecule has 1 amide bonds. The van der Waals surface area contributed by atoms with Crippen molar-refractivity contribution in [1.82, 2.24) is 4.90 Å². The first-order chi connectivity index (χ1) is 12.2. The molecule has 142 valence electrons. The van der Waals surface area contributed by atoms with Gasteiger partial charge >= 0.3 is 5.97 Å². The van der Waals surface area contributed by atoms with E-state index >= 15 is 0 Å². The minimum Gasteiger partial charge on any atom is -0.481 e. The summed E-state index contributed by atoms with van der Waals surface area (Å²) in [4.78, 5) is 25.8. The van der Waals surface area contributed by atoms with Crippen LogP contribution in [0.3, 0.4) is 0 Å². The summed E-state index contributed by atoms with van der Waals surface area (Å²) >= 11 is 0. The number of carbonyl (C=O) groups excluding carboxylic acids is 1. The predicted molar refractivity (Wildman–Crippen MR) is 91.7 cm³/mol. The molecule has 1 saturated carbocycles. The van der Waals surface area contributed by atoms with Gasteiger partial charge in [0, 0.05) is 19.5 Å². The fourth-order valence-corrected chi connectivity index (χ4v) is 5.51. The molecule has 1 N–H and O–H groups in total. The number of hydrogen-bond donors (Lipinski definition) is 1. The van der Waals surface area contributed by atoms with Gasteiger partial charge in [0.15, 0.2) is 9.84 Å². The molecule has 1 aliphatic heterocycles. The molecule has 26 heavy (non-hydrogen) atoms. The van der Waals surface area contributed by atoms with Crippen LogP contribution >= 0.6 is 0 Å². The molecule has 1 heterocycles. The Kier molecular flexibility index (Phi) is 4.81. The van der Waals surface area contributed by atoms with Gasteiger partial charge in [-0.15, -0.1) is 0 Å². The number of benzene rings is 1. The number of carbonyl (C=O) groups is 2. The zero-order valence-electron chi connectivity index (χ0n) is 14.5. The number of carboxylic acid groups (broad SMARTS) is 1. The van der Waals surface area contributed by atoms with Gasteiger partial charge in [-0.1, -0.05) is 6.42 Å². The van der Waals surface area contributed by atoms with Crippen LogP contribution in [0.2, 0.25) is 0 Å². The van der Waals surface area contributed by atoms with Crippen molar-refractivity contribution in [3.05, 3.63) is 30.1 Å². The van der Waals surface area contributed by atoms with Crippen LogP contribution in [0.1, 0.15) is 32.6 Å². The van der Waals surface area contributed by atoms with Gasteiger partial charge in [0.1, 0.15) is 5.82 Å². The van der Waals surface area contributed by atoms with Crippen molar-refractivity contribution in [2.24, 2.45) is 11.3 Å². The maximum absolute atomic E-state index is 13.0. The van der Waals surface area contributed by atoms with Gasteiger partial charge < -0.3 is 10.0 Å². The molecule has 0 spiro atoms. The largest absolute Gasteiger partial charge is 0.481 e. The maximum atomic E-state index is 13.0. The molecule has 1 unspecified atom stereocenters. The molecule has 0 bridgehead atoms. The molecule has 3 atom stereocenters. The van der Waals surface area contributed by atoms with E-state index in [0.29, 0.717) is 13.0 Å². The summed E-state index contributed by atoms with van der Waals surface area (Å²) in [6.45, 7) is 1.96. The Morgan fingerprint density at radius 3 is 2.58 bits per heavy atom. The molecule has 6 nitrogen and oxygen atoms in total. The molecule has 2 aliphatic rings. The summed E-state index contributed by atoms with van der Waals surface area (Å²) in [6.07, 6.45) is 1.95. The molecule has 1 aliphatic carbocycles. The zero-order valence-corrected chi connectivity index (χ0v) is 15.3. The minimum atomic E-state index is -3.76. The summed E-state index contributed by atoms with van der Waals surface area (Å²) in [6, 6.07) is 4.51. The number of aliphatic carboxylic acids is 1. The third-order valence-corrected chi connectivity index (χ3v) is 7.94. The van der Waals surface area contributed by atoms with Crippen LogP contribution < -0.4 is 0 Å². The van der Waals surface area contributed by atoms with E-state index in [-0.39, 0.29) is 29.7 Å². The molecule has 1 aromatic rings. The van der Waals surface area contributed by atoms with Crippen molar-refractivity contribution >= 4 is 21.7 Å². The minimum absolute atomic E-state index is 0.0282. The van der Waals surface area contributed by atoms with E-state index in [0.717, 1.165) is 25.0 Å². The van der Waals surface area contributed by atoms with Gasteiger partial charge in [0.2, 0.25) is 5.91 Å². The van der Waals surface area contributed by atoms with E-state index in [1.54, 1.807) is 0 Å². The summed E-state index contributed by atoms with van der Waals surface area (Å²) < 4.78 is 38.1. The van der Waals surface area contributed by atoms with Crippen LogP contribution in [0.5, 0.6) is 0 Å². The Labute approximate surface area is 151 Å². The monoisotopic (exact) mass is 383 g/mol. The molecule has 8 heteroatoms. The average Bonchev–Trinajstić information content (AvgIpc) is 3.13. The normalized spacial score (nSPS) is 26.5. The smallest absolute Gasteiger partial charge is 0.311 e. The van der Waals surface area contributed by atoms with Crippen LogP contribution in [0.4, 0.5) is 4.39 Å². The lowest BCUT2D eigenvalue weighted by Gasteiger charge is -2.24. The number of sulfone groups is 1. The molecular formula is C18H22FNO5S. The van der Waals surface area contributed by atoms with E-state index in [1.807, 2.05) is 0 Å². The first kappa shape index (κ1) is 18.8. The summed E-state index contributed by atoms with van der Waals surface area (Å²) in [5, 5.41) is 8.62. The number of nitrogens with zero attached hydrogens (tertiary/aromatic N) is 1. The van der Waals surface area contributed by atoms with E-state index in [2.05, 4.69) is 0 Å². The van der Waals surface area contributed by atoms with E-state index in [9.17, 15) is 27.5 Å². The highest BCUT2D eigenvalue weighted by Crippen LogP contribution is 2.49. The third-order valence-electron chi connectivity index (χ3n) is 5.78. The van der Waals surface area contributed by atoms with Gasteiger partial charge in [-0.2, -0.15) is 0 Å². The van der Waals surface area contributed by atoms with Crippen molar-refractivity contribution in [3.8, 4) is 0 Å². The highest BCUT2D eigenvalue weighted by Gasteiger charge is 2.55. The summed E-state index contributed by atoms with van der Waals surface area (Å²) in [7, 11) is -3.76. The van der Waals surface area contributed by atoms with Gasteiger partial charge in [0.25, 0.3) is 0 Å². The number of fused-ring (bicyclic) bond motifs is 1. The Bertz CT molecular complexity index is 822. The van der Waals surface area contributed by atoms with Crippen LogP contribution in [0, 0.1) is 17.2 Å². The first-order valence-electron chi connectivity index (χ1n) is 8.67.